The van der Waals surface area contributed by atoms with E-state index < -0.39 is 5.54 Å². The molecule has 78 valence electrons. The van der Waals surface area contributed by atoms with Gasteiger partial charge in [-0.05, 0) is 13.8 Å². The highest BCUT2D eigenvalue weighted by atomic mass is 16.3. The van der Waals surface area contributed by atoms with Crippen molar-refractivity contribution in [1.29, 1.82) is 0 Å². The van der Waals surface area contributed by atoms with E-state index in [0.29, 0.717) is 5.56 Å². The third kappa shape index (κ3) is 2.56. The number of amides is 1. The minimum atomic E-state index is -0.604. The fourth-order valence-corrected chi connectivity index (χ4v) is 0.958. The van der Waals surface area contributed by atoms with Crippen molar-refractivity contribution >= 4 is 5.91 Å². The maximum absolute atomic E-state index is 11.6. The van der Waals surface area contributed by atoms with E-state index >= 15 is 0 Å². The van der Waals surface area contributed by atoms with Crippen molar-refractivity contribution in [1.82, 2.24) is 15.1 Å². The molecule has 1 aromatic heterocycles. The summed E-state index contributed by atoms with van der Waals surface area (Å²) in [5.74, 6) is -0.225. The van der Waals surface area contributed by atoms with Crippen LogP contribution in [0.25, 0.3) is 0 Å². The Bertz CT molecular complexity index is 331. The molecule has 0 spiro atoms. The van der Waals surface area contributed by atoms with Gasteiger partial charge in [0.05, 0.1) is 23.9 Å². The molecule has 1 heterocycles. The van der Waals surface area contributed by atoms with Crippen LogP contribution in [0.2, 0.25) is 0 Å². The molecule has 0 unspecified atom stereocenters. The van der Waals surface area contributed by atoms with Gasteiger partial charge in [0.2, 0.25) is 0 Å². The van der Waals surface area contributed by atoms with Gasteiger partial charge in [0, 0.05) is 13.2 Å². The molecule has 14 heavy (non-hydrogen) atoms. The number of nitrogens with zero attached hydrogens (tertiary/aromatic N) is 2. The van der Waals surface area contributed by atoms with Gasteiger partial charge in [-0.2, -0.15) is 5.10 Å². The van der Waals surface area contributed by atoms with Crippen LogP contribution in [0, 0.1) is 0 Å². The monoisotopic (exact) mass is 197 g/mol. The number of carbonyl (C=O) groups is 1. The number of aromatic nitrogens is 2. The number of hydrogen-bond donors (Lipinski definition) is 2. The molecular formula is C9H15N3O2. The van der Waals surface area contributed by atoms with Crippen LogP contribution in [0.1, 0.15) is 24.2 Å². The Morgan fingerprint density at radius 3 is 2.79 bits per heavy atom. The van der Waals surface area contributed by atoms with E-state index in [1.54, 1.807) is 31.8 Å². The first-order valence-corrected chi connectivity index (χ1v) is 4.36. The van der Waals surface area contributed by atoms with Gasteiger partial charge in [-0.25, -0.2) is 0 Å². The van der Waals surface area contributed by atoms with Crippen molar-refractivity contribution in [3.8, 4) is 0 Å². The lowest BCUT2D eigenvalue weighted by Gasteiger charge is -2.22. The molecule has 0 aliphatic heterocycles. The van der Waals surface area contributed by atoms with Crippen LogP contribution in [0.5, 0.6) is 0 Å². The Morgan fingerprint density at radius 2 is 2.36 bits per heavy atom. The fraction of sp³-hybridized carbons (Fsp3) is 0.556. The first-order chi connectivity index (χ1) is 6.44. The van der Waals surface area contributed by atoms with E-state index in [2.05, 4.69) is 10.4 Å². The number of nitrogens with one attached hydrogen (secondary N) is 1. The van der Waals surface area contributed by atoms with E-state index in [1.807, 2.05) is 0 Å². The average molecular weight is 197 g/mol. The summed E-state index contributed by atoms with van der Waals surface area (Å²) in [7, 11) is 1.74. The van der Waals surface area contributed by atoms with Crippen LogP contribution >= 0.6 is 0 Å². The number of aliphatic hydroxyl groups excluding tert-OH is 1. The van der Waals surface area contributed by atoms with Crippen molar-refractivity contribution in [2.45, 2.75) is 19.4 Å². The second-order valence-electron chi connectivity index (χ2n) is 3.90. The van der Waals surface area contributed by atoms with Gasteiger partial charge >= 0.3 is 0 Å². The first-order valence-electron chi connectivity index (χ1n) is 4.36. The van der Waals surface area contributed by atoms with Crippen LogP contribution in [0.15, 0.2) is 12.4 Å². The Hall–Kier alpha value is -1.36. The minimum absolute atomic E-state index is 0.0982. The highest BCUT2D eigenvalue weighted by Gasteiger charge is 2.20. The summed E-state index contributed by atoms with van der Waals surface area (Å²) in [5.41, 5.74) is -0.110. The topological polar surface area (TPSA) is 67.2 Å². The molecule has 1 amide bonds. The molecule has 0 fully saturated rings. The minimum Gasteiger partial charge on any atom is -0.394 e. The van der Waals surface area contributed by atoms with Gasteiger partial charge in [-0.3, -0.25) is 9.48 Å². The van der Waals surface area contributed by atoms with Crippen molar-refractivity contribution in [2.24, 2.45) is 7.05 Å². The zero-order valence-corrected chi connectivity index (χ0v) is 8.61. The molecule has 1 rings (SSSR count). The van der Waals surface area contributed by atoms with Gasteiger partial charge in [-0.15, -0.1) is 0 Å². The molecule has 2 N–H and O–H groups in total. The largest absolute Gasteiger partial charge is 0.394 e. The summed E-state index contributed by atoms with van der Waals surface area (Å²) < 4.78 is 1.56. The predicted molar refractivity (Wildman–Crippen MR) is 51.8 cm³/mol. The Kier molecular flexibility index (Phi) is 2.90. The first kappa shape index (κ1) is 10.7. The predicted octanol–water partition coefficient (Wildman–Crippen LogP) is -0.0792. The molecule has 0 saturated carbocycles. The number of carbonyl (C=O) groups excluding carboxylic acids is 1. The zero-order valence-electron chi connectivity index (χ0n) is 8.61. The average Bonchev–Trinajstić information content (AvgIpc) is 2.51. The molecule has 5 nitrogen and oxygen atoms in total. The molecule has 5 heteroatoms. The molecule has 0 aliphatic carbocycles. The lowest BCUT2D eigenvalue weighted by Crippen LogP contribution is -2.46. The van der Waals surface area contributed by atoms with Crippen LogP contribution < -0.4 is 5.32 Å². The van der Waals surface area contributed by atoms with Crippen molar-refractivity contribution < 1.29 is 9.90 Å². The van der Waals surface area contributed by atoms with E-state index in [1.165, 1.54) is 6.20 Å². The maximum atomic E-state index is 11.6. The second kappa shape index (κ2) is 3.79. The van der Waals surface area contributed by atoms with Crippen molar-refractivity contribution in [2.75, 3.05) is 6.61 Å². The smallest absolute Gasteiger partial charge is 0.254 e. The van der Waals surface area contributed by atoms with E-state index in [-0.39, 0.29) is 12.5 Å². The van der Waals surface area contributed by atoms with E-state index in [0.717, 1.165) is 0 Å². The van der Waals surface area contributed by atoms with Crippen LogP contribution in [-0.2, 0) is 7.05 Å². The summed E-state index contributed by atoms with van der Waals surface area (Å²) in [4.78, 5) is 11.6. The number of aliphatic hydroxyl groups is 1. The van der Waals surface area contributed by atoms with Gasteiger partial charge in [0.25, 0.3) is 5.91 Å². The number of aryl methyl sites for hydroxylation is 1. The van der Waals surface area contributed by atoms with Gasteiger partial charge in [0.1, 0.15) is 0 Å². The fourth-order valence-electron chi connectivity index (χ4n) is 0.958. The molecule has 0 aliphatic rings. The summed E-state index contributed by atoms with van der Waals surface area (Å²) in [6, 6.07) is 0. The Labute approximate surface area is 82.7 Å². The highest BCUT2D eigenvalue weighted by Crippen LogP contribution is 2.03. The van der Waals surface area contributed by atoms with Crippen molar-refractivity contribution in [3.05, 3.63) is 18.0 Å². The maximum Gasteiger partial charge on any atom is 0.254 e. The summed E-state index contributed by atoms with van der Waals surface area (Å²) in [6.45, 7) is 3.40. The van der Waals surface area contributed by atoms with Gasteiger partial charge in [-0.1, -0.05) is 0 Å². The summed E-state index contributed by atoms with van der Waals surface area (Å²) in [5, 5.41) is 15.5. The molecule has 0 saturated heterocycles. The van der Waals surface area contributed by atoms with Crippen molar-refractivity contribution in [3.63, 3.8) is 0 Å². The van der Waals surface area contributed by atoms with E-state index in [4.69, 9.17) is 5.11 Å². The van der Waals surface area contributed by atoms with E-state index in [9.17, 15) is 4.79 Å². The SMILES string of the molecule is Cn1cc(C(=O)NC(C)(C)CO)cn1. The summed E-state index contributed by atoms with van der Waals surface area (Å²) in [6.07, 6.45) is 3.12. The second-order valence-corrected chi connectivity index (χ2v) is 3.90. The molecular weight excluding hydrogens is 182 g/mol. The van der Waals surface area contributed by atoms with Crippen LogP contribution in [0.4, 0.5) is 0 Å². The van der Waals surface area contributed by atoms with Crippen LogP contribution in [0.3, 0.4) is 0 Å². The van der Waals surface area contributed by atoms with Gasteiger partial charge < -0.3 is 10.4 Å². The Balaban J connectivity index is 2.68. The molecule has 1 aromatic rings. The standard InChI is InChI=1S/C9H15N3O2/c1-9(2,6-13)11-8(14)7-4-10-12(3)5-7/h4-5,13H,6H2,1-3H3,(H,11,14). The highest BCUT2D eigenvalue weighted by molar-refractivity contribution is 5.94. The normalized spacial score (nSPS) is 11.4. The lowest BCUT2D eigenvalue weighted by molar-refractivity contribution is 0.0869. The summed E-state index contributed by atoms with van der Waals surface area (Å²) >= 11 is 0. The lowest BCUT2D eigenvalue weighted by atomic mass is 10.1. The zero-order chi connectivity index (χ0) is 10.8. The quantitative estimate of drug-likeness (QED) is 0.712. The molecule has 0 atom stereocenters. The van der Waals surface area contributed by atoms with Gasteiger partial charge in [0.15, 0.2) is 0 Å². The molecule has 0 bridgehead atoms. The van der Waals surface area contributed by atoms with Crippen LogP contribution in [-0.4, -0.2) is 32.9 Å². The Morgan fingerprint density at radius 1 is 1.71 bits per heavy atom. The third-order valence-electron chi connectivity index (χ3n) is 1.81. The number of rotatable bonds is 3. The third-order valence-corrected chi connectivity index (χ3v) is 1.81. The number of hydrogen-bond acceptors (Lipinski definition) is 3. The molecule has 0 radical (unpaired) electrons. The molecule has 0 aromatic carbocycles.